The lowest BCUT2D eigenvalue weighted by Crippen LogP contribution is -2.44. The Morgan fingerprint density at radius 3 is 2.71 bits per heavy atom. The summed E-state index contributed by atoms with van der Waals surface area (Å²) in [7, 11) is 1.79. The van der Waals surface area contributed by atoms with E-state index in [1.165, 1.54) is 0 Å². The number of carbonyl (C=O) groups is 1. The number of carbonyl (C=O) groups excluding carboxylic acids is 1. The van der Waals surface area contributed by atoms with E-state index >= 15 is 0 Å². The van der Waals surface area contributed by atoms with Gasteiger partial charge in [-0.1, -0.05) is 13.0 Å². The maximum absolute atomic E-state index is 12.2. The van der Waals surface area contributed by atoms with Crippen LogP contribution in [0, 0.1) is 5.41 Å². The van der Waals surface area contributed by atoms with Gasteiger partial charge in [0.15, 0.2) is 0 Å². The molecule has 0 radical (unpaired) electrons. The van der Waals surface area contributed by atoms with Crippen LogP contribution in [0.1, 0.15) is 26.0 Å². The van der Waals surface area contributed by atoms with E-state index in [1.807, 2.05) is 32.0 Å². The fraction of sp³-hybridized carbons (Fsp3) is 0.538. The Kier molecular flexibility index (Phi) is 4.63. The Hall–Kier alpha value is -1.42. The van der Waals surface area contributed by atoms with E-state index in [0.717, 1.165) is 12.1 Å². The van der Waals surface area contributed by atoms with Gasteiger partial charge in [0.1, 0.15) is 0 Å². The summed E-state index contributed by atoms with van der Waals surface area (Å²) < 4.78 is 0. The molecule has 0 saturated carbocycles. The Morgan fingerprint density at radius 1 is 1.53 bits per heavy atom. The molecule has 94 valence electrons. The van der Waals surface area contributed by atoms with Crippen LogP contribution in [0.2, 0.25) is 0 Å². The maximum atomic E-state index is 12.2. The van der Waals surface area contributed by atoms with Crippen LogP contribution in [0.5, 0.6) is 0 Å². The summed E-state index contributed by atoms with van der Waals surface area (Å²) in [6, 6.07) is 5.69. The zero-order chi connectivity index (χ0) is 12.9. The topological polar surface area (TPSA) is 59.2 Å². The molecule has 1 atom stereocenters. The highest BCUT2D eigenvalue weighted by Gasteiger charge is 2.32. The Morgan fingerprint density at radius 2 is 2.24 bits per heavy atom. The van der Waals surface area contributed by atoms with Crippen molar-refractivity contribution in [2.75, 3.05) is 13.6 Å². The minimum absolute atomic E-state index is 0.0770. The zero-order valence-electron chi connectivity index (χ0n) is 10.8. The third kappa shape index (κ3) is 3.27. The molecule has 1 rings (SSSR count). The second-order valence-electron chi connectivity index (χ2n) is 4.60. The van der Waals surface area contributed by atoms with E-state index in [2.05, 4.69) is 4.98 Å². The first-order chi connectivity index (χ1) is 8.03. The SMILES string of the molecule is CCC(C)(CN)C(=O)N(C)Cc1ccccn1. The fourth-order valence-corrected chi connectivity index (χ4v) is 1.65. The van der Waals surface area contributed by atoms with Gasteiger partial charge in [0.25, 0.3) is 0 Å². The number of nitrogens with two attached hydrogens (primary N) is 1. The highest BCUT2D eigenvalue weighted by Crippen LogP contribution is 2.22. The van der Waals surface area contributed by atoms with Crippen LogP contribution in [0.4, 0.5) is 0 Å². The van der Waals surface area contributed by atoms with Crippen molar-refractivity contribution in [3.63, 3.8) is 0 Å². The van der Waals surface area contributed by atoms with E-state index in [0.29, 0.717) is 13.1 Å². The number of nitrogens with zero attached hydrogens (tertiary/aromatic N) is 2. The molecule has 0 aromatic carbocycles. The third-order valence-corrected chi connectivity index (χ3v) is 3.22. The van der Waals surface area contributed by atoms with Gasteiger partial charge in [0.05, 0.1) is 17.7 Å². The summed E-state index contributed by atoms with van der Waals surface area (Å²) in [5.41, 5.74) is 6.11. The average molecular weight is 235 g/mol. The molecule has 0 saturated heterocycles. The predicted molar refractivity (Wildman–Crippen MR) is 68.2 cm³/mol. The van der Waals surface area contributed by atoms with Gasteiger partial charge in [-0.25, -0.2) is 0 Å². The number of rotatable bonds is 5. The average Bonchev–Trinajstić information content (AvgIpc) is 2.38. The first-order valence-electron chi connectivity index (χ1n) is 5.89. The predicted octanol–water partition coefficient (Wildman–Crippen LogP) is 1.41. The van der Waals surface area contributed by atoms with Crippen LogP contribution in [-0.2, 0) is 11.3 Å². The Bertz CT molecular complexity index is 360. The van der Waals surface area contributed by atoms with E-state index in [1.54, 1.807) is 18.1 Å². The third-order valence-electron chi connectivity index (χ3n) is 3.22. The summed E-state index contributed by atoms with van der Waals surface area (Å²) in [6.45, 7) is 4.79. The molecule has 0 fully saturated rings. The van der Waals surface area contributed by atoms with Crippen molar-refractivity contribution in [3.05, 3.63) is 30.1 Å². The molecule has 1 amide bonds. The van der Waals surface area contributed by atoms with Crippen molar-refractivity contribution >= 4 is 5.91 Å². The van der Waals surface area contributed by atoms with Crippen LogP contribution >= 0.6 is 0 Å². The van der Waals surface area contributed by atoms with Crippen molar-refractivity contribution in [1.82, 2.24) is 9.88 Å². The summed E-state index contributed by atoms with van der Waals surface area (Å²) in [5, 5.41) is 0. The lowest BCUT2D eigenvalue weighted by atomic mass is 9.86. The summed E-state index contributed by atoms with van der Waals surface area (Å²) in [4.78, 5) is 18.2. The largest absolute Gasteiger partial charge is 0.339 e. The number of aromatic nitrogens is 1. The van der Waals surface area contributed by atoms with Gasteiger partial charge in [0.2, 0.25) is 5.91 Å². The van der Waals surface area contributed by atoms with Crippen LogP contribution in [-0.4, -0.2) is 29.4 Å². The number of amides is 1. The fourth-order valence-electron chi connectivity index (χ4n) is 1.65. The second-order valence-corrected chi connectivity index (χ2v) is 4.60. The van der Waals surface area contributed by atoms with Gasteiger partial charge in [-0.05, 0) is 25.5 Å². The van der Waals surface area contributed by atoms with Gasteiger partial charge < -0.3 is 10.6 Å². The Balaban J connectivity index is 2.71. The molecule has 4 nitrogen and oxygen atoms in total. The smallest absolute Gasteiger partial charge is 0.229 e. The standard InChI is InChI=1S/C13H21N3O/c1-4-13(2,10-14)12(17)16(3)9-11-7-5-6-8-15-11/h5-8H,4,9-10,14H2,1-3H3. The van der Waals surface area contributed by atoms with E-state index in [-0.39, 0.29) is 5.91 Å². The van der Waals surface area contributed by atoms with Gasteiger partial charge in [-0.15, -0.1) is 0 Å². The van der Waals surface area contributed by atoms with Crippen LogP contribution in [0.15, 0.2) is 24.4 Å². The molecule has 0 aliphatic carbocycles. The van der Waals surface area contributed by atoms with Gasteiger partial charge in [0, 0.05) is 19.8 Å². The summed E-state index contributed by atoms with van der Waals surface area (Å²) in [5.74, 6) is 0.0770. The van der Waals surface area contributed by atoms with Crippen LogP contribution in [0.3, 0.4) is 0 Å². The highest BCUT2D eigenvalue weighted by molar-refractivity contribution is 5.82. The Labute approximate surface area is 103 Å². The zero-order valence-corrected chi connectivity index (χ0v) is 10.8. The molecule has 1 unspecified atom stereocenters. The molecule has 0 aliphatic heterocycles. The van der Waals surface area contributed by atoms with Gasteiger partial charge in [-0.2, -0.15) is 0 Å². The van der Waals surface area contributed by atoms with Crippen LogP contribution in [0.25, 0.3) is 0 Å². The molecular weight excluding hydrogens is 214 g/mol. The first-order valence-corrected chi connectivity index (χ1v) is 5.89. The molecule has 1 heterocycles. The normalized spacial score (nSPS) is 14.1. The molecule has 4 heteroatoms. The van der Waals surface area contributed by atoms with E-state index < -0.39 is 5.41 Å². The second kappa shape index (κ2) is 5.77. The minimum atomic E-state index is -0.469. The molecule has 0 spiro atoms. The van der Waals surface area contributed by atoms with Gasteiger partial charge in [-0.3, -0.25) is 9.78 Å². The first kappa shape index (κ1) is 13.6. The molecular formula is C13H21N3O. The number of pyridine rings is 1. The van der Waals surface area contributed by atoms with Gasteiger partial charge >= 0.3 is 0 Å². The highest BCUT2D eigenvalue weighted by atomic mass is 16.2. The molecule has 17 heavy (non-hydrogen) atoms. The van der Waals surface area contributed by atoms with E-state index in [9.17, 15) is 4.79 Å². The monoisotopic (exact) mass is 235 g/mol. The molecule has 0 bridgehead atoms. The summed E-state index contributed by atoms with van der Waals surface area (Å²) in [6.07, 6.45) is 2.48. The van der Waals surface area contributed by atoms with Crippen molar-refractivity contribution < 1.29 is 4.79 Å². The number of hydrogen-bond acceptors (Lipinski definition) is 3. The molecule has 1 aromatic rings. The maximum Gasteiger partial charge on any atom is 0.229 e. The van der Waals surface area contributed by atoms with E-state index in [4.69, 9.17) is 5.73 Å². The van der Waals surface area contributed by atoms with Crippen molar-refractivity contribution in [3.8, 4) is 0 Å². The van der Waals surface area contributed by atoms with Crippen LogP contribution < -0.4 is 5.73 Å². The lowest BCUT2D eigenvalue weighted by Gasteiger charge is -2.30. The quantitative estimate of drug-likeness (QED) is 0.839. The molecule has 0 aliphatic rings. The van der Waals surface area contributed by atoms with Crippen molar-refractivity contribution in [1.29, 1.82) is 0 Å². The molecule has 2 N–H and O–H groups in total. The summed E-state index contributed by atoms with van der Waals surface area (Å²) >= 11 is 0. The molecule has 1 aromatic heterocycles. The van der Waals surface area contributed by atoms with Crippen molar-refractivity contribution in [2.24, 2.45) is 11.1 Å². The van der Waals surface area contributed by atoms with Crippen molar-refractivity contribution in [2.45, 2.75) is 26.8 Å². The minimum Gasteiger partial charge on any atom is -0.339 e. The lowest BCUT2D eigenvalue weighted by molar-refractivity contribution is -0.140. The number of hydrogen-bond donors (Lipinski definition) is 1.